The molecule has 2 rings (SSSR count). The molecule has 2 aromatic carbocycles. The standard InChI is InChI=1S/C21H26ClNO3/c1-14-12-18(13-15(2)20(14)22)26-16(3)21(24)23-11-7-9-17-8-5-6-10-19(17)25-4/h5-6,8,10,12-13,16H,7,9,11H2,1-4H3,(H,23,24)/t16-/m0/s1. The van der Waals surface area contributed by atoms with Crippen molar-refractivity contribution in [3.05, 3.63) is 58.1 Å². The van der Waals surface area contributed by atoms with Crippen molar-refractivity contribution >= 4 is 17.5 Å². The summed E-state index contributed by atoms with van der Waals surface area (Å²) in [4.78, 5) is 12.2. The van der Waals surface area contributed by atoms with E-state index in [1.807, 2.05) is 50.2 Å². The summed E-state index contributed by atoms with van der Waals surface area (Å²) in [6.45, 7) is 6.17. The van der Waals surface area contributed by atoms with Crippen LogP contribution in [0, 0.1) is 13.8 Å². The topological polar surface area (TPSA) is 47.6 Å². The van der Waals surface area contributed by atoms with Crippen LogP contribution in [0.1, 0.15) is 30.0 Å². The molecule has 0 saturated carbocycles. The van der Waals surface area contributed by atoms with Gasteiger partial charge in [-0.2, -0.15) is 0 Å². The molecule has 0 aromatic heterocycles. The SMILES string of the molecule is COc1ccccc1CCCNC(=O)[C@H](C)Oc1cc(C)c(Cl)c(C)c1. The lowest BCUT2D eigenvalue weighted by Crippen LogP contribution is -2.37. The van der Waals surface area contributed by atoms with E-state index in [2.05, 4.69) is 5.32 Å². The normalized spacial score (nSPS) is 11.7. The molecule has 0 saturated heterocycles. The number of carbonyl (C=O) groups excluding carboxylic acids is 1. The zero-order chi connectivity index (χ0) is 19.1. The Hall–Kier alpha value is -2.20. The molecule has 0 aliphatic heterocycles. The highest BCUT2D eigenvalue weighted by molar-refractivity contribution is 6.32. The lowest BCUT2D eigenvalue weighted by atomic mass is 10.1. The number of carbonyl (C=O) groups is 1. The van der Waals surface area contributed by atoms with Crippen molar-refractivity contribution in [1.82, 2.24) is 5.32 Å². The number of hydrogen-bond acceptors (Lipinski definition) is 3. The van der Waals surface area contributed by atoms with Gasteiger partial charge in [0.1, 0.15) is 11.5 Å². The van der Waals surface area contributed by atoms with Crippen LogP contribution < -0.4 is 14.8 Å². The molecule has 0 fully saturated rings. The molecule has 1 amide bonds. The predicted octanol–water partition coefficient (Wildman–Crippen LogP) is 4.48. The Labute approximate surface area is 160 Å². The number of ether oxygens (including phenoxy) is 2. The fourth-order valence-corrected chi connectivity index (χ4v) is 2.88. The van der Waals surface area contributed by atoms with Gasteiger partial charge in [-0.15, -0.1) is 0 Å². The first-order valence-corrected chi connectivity index (χ1v) is 9.13. The molecule has 0 radical (unpaired) electrons. The van der Waals surface area contributed by atoms with Gasteiger partial charge in [-0.25, -0.2) is 0 Å². The van der Waals surface area contributed by atoms with Gasteiger partial charge in [0.25, 0.3) is 5.91 Å². The van der Waals surface area contributed by atoms with Gasteiger partial charge < -0.3 is 14.8 Å². The van der Waals surface area contributed by atoms with Crippen molar-refractivity contribution in [2.75, 3.05) is 13.7 Å². The predicted molar refractivity (Wildman–Crippen MR) is 105 cm³/mol. The summed E-state index contributed by atoms with van der Waals surface area (Å²) in [5, 5.41) is 3.65. The maximum Gasteiger partial charge on any atom is 0.260 e. The maximum atomic E-state index is 12.2. The van der Waals surface area contributed by atoms with Crippen LogP contribution in [-0.2, 0) is 11.2 Å². The third-order valence-electron chi connectivity index (χ3n) is 4.21. The number of aryl methyl sites for hydroxylation is 3. The Kier molecular flexibility index (Phi) is 7.34. The second kappa shape index (κ2) is 9.48. The van der Waals surface area contributed by atoms with Crippen molar-refractivity contribution < 1.29 is 14.3 Å². The fourth-order valence-electron chi connectivity index (χ4n) is 2.78. The van der Waals surface area contributed by atoms with Crippen LogP contribution >= 0.6 is 11.6 Å². The summed E-state index contributed by atoms with van der Waals surface area (Å²) in [5.41, 5.74) is 3.01. The molecule has 0 heterocycles. The van der Waals surface area contributed by atoms with Crippen molar-refractivity contribution in [3.63, 3.8) is 0 Å². The Morgan fingerprint density at radius 1 is 1.19 bits per heavy atom. The van der Waals surface area contributed by atoms with Crippen LogP contribution in [-0.4, -0.2) is 25.7 Å². The minimum Gasteiger partial charge on any atom is -0.496 e. The largest absolute Gasteiger partial charge is 0.496 e. The van der Waals surface area contributed by atoms with Crippen molar-refractivity contribution in [3.8, 4) is 11.5 Å². The summed E-state index contributed by atoms with van der Waals surface area (Å²) >= 11 is 6.16. The zero-order valence-electron chi connectivity index (χ0n) is 15.8. The van der Waals surface area contributed by atoms with Crippen LogP contribution in [0.25, 0.3) is 0 Å². The van der Waals surface area contributed by atoms with Crippen LogP contribution in [0.2, 0.25) is 5.02 Å². The molecule has 5 heteroatoms. The van der Waals surface area contributed by atoms with E-state index in [9.17, 15) is 4.79 Å². The van der Waals surface area contributed by atoms with Gasteiger partial charge in [-0.3, -0.25) is 4.79 Å². The molecule has 2 aromatic rings. The zero-order valence-corrected chi connectivity index (χ0v) is 16.5. The molecule has 4 nitrogen and oxygen atoms in total. The molecular formula is C21H26ClNO3. The molecule has 0 bridgehead atoms. The van der Waals surface area contributed by atoms with Crippen LogP contribution in [0.15, 0.2) is 36.4 Å². The molecule has 1 N–H and O–H groups in total. The first-order chi connectivity index (χ1) is 12.4. The van der Waals surface area contributed by atoms with E-state index in [0.717, 1.165) is 40.3 Å². The highest BCUT2D eigenvalue weighted by Gasteiger charge is 2.15. The Morgan fingerprint density at radius 3 is 2.50 bits per heavy atom. The molecule has 26 heavy (non-hydrogen) atoms. The maximum absolute atomic E-state index is 12.2. The number of methoxy groups -OCH3 is 1. The summed E-state index contributed by atoms with van der Waals surface area (Å²) in [6.07, 6.45) is 1.11. The van der Waals surface area contributed by atoms with Gasteiger partial charge >= 0.3 is 0 Å². The smallest absolute Gasteiger partial charge is 0.260 e. The highest BCUT2D eigenvalue weighted by atomic mass is 35.5. The lowest BCUT2D eigenvalue weighted by molar-refractivity contribution is -0.127. The van der Waals surface area contributed by atoms with E-state index in [4.69, 9.17) is 21.1 Å². The van der Waals surface area contributed by atoms with Crippen molar-refractivity contribution in [2.24, 2.45) is 0 Å². The number of para-hydroxylation sites is 1. The van der Waals surface area contributed by atoms with E-state index >= 15 is 0 Å². The van der Waals surface area contributed by atoms with E-state index in [1.54, 1.807) is 14.0 Å². The van der Waals surface area contributed by atoms with E-state index in [0.29, 0.717) is 12.3 Å². The van der Waals surface area contributed by atoms with Gasteiger partial charge in [0.2, 0.25) is 0 Å². The van der Waals surface area contributed by atoms with Gasteiger partial charge in [0.15, 0.2) is 6.10 Å². The van der Waals surface area contributed by atoms with Gasteiger partial charge in [-0.05, 0) is 68.5 Å². The number of benzene rings is 2. The Balaban J connectivity index is 1.80. The van der Waals surface area contributed by atoms with Gasteiger partial charge in [0.05, 0.1) is 7.11 Å². The monoisotopic (exact) mass is 375 g/mol. The third-order valence-corrected chi connectivity index (χ3v) is 4.80. The van der Waals surface area contributed by atoms with Crippen molar-refractivity contribution in [2.45, 2.75) is 39.7 Å². The fraction of sp³-hybridized carbons (Fsp3) is 0.381. The number of halogens is 1. The summed E-state index contributed by atoms with van der Waals surface area (Å²) in [6, 6.07) is 11.6. The molecule has 140 valence electrons. The molecule has 1 atom stereocenters. The van der Waals surface area contributed by atoms with Crippen LogP contribution in [0.5, 0.6) is 11.5 Å². The lowest BCUT2D eigenvalue weighted by Gasteiger charge is -2.16. The van der Waals surface area contributed by atoms with Crippen LogP contribution in [0.4, 0.5) is 0 Å². The van der Waals surface area contributed by atoms with E-state index in [1.165, 1.54) is 0 Å². The average molecular weight is 376 g/mol. The number of amides is 1. The number of rotatable bonds is 8. The molecule has 0 aliphatic rings. The Morgan fingerprint density at radius 2 is 1.85 bits per heavy atom. The van der Waals surface area contributed by atoms with Crippen molar-refractivity contribution in [1.29, 1.82) is 0 Å². The summed E-state index contributed by atoms with van der Waals surface area (Å²) in [7, 11) is 1.67. The highest BCUT2D eigenvalue weighted by Crippen LogP contribution is 2.26. The minimum absolute atomic E-state index is 0.129. The minimum atomic E-state index is -0.568. The first-order valence-electron chi connectivity index (χ1n) is 8.75. The van der Waals surface area contributed by atoms with E-state index in [-0.39, 0.29) is 5.91 Å². The molecule has 0 spiro atoms. The quantitative estimate of drug-likeness (QED) is 0.692. The summed E-state index contributed by atoms with van der Waals surface area (Å²) < 4.78 is 11.1. The second-order valence-corrected chi connectivity index (χ2v) is 6.72. The number of nitrogens with one attached hydrogen (secondary N) is 1. The van der Waals surface area contributed by atoms with E-state index < -0.39 is 6.10 Å². The first kappa shape index (κ1) is 20.1. The average Bonchev–Trinajstić information content (AvgIpc) is 2.63. The molecule has 0 unspecified atom stereocenters. The second-order valence-electron chi connectivity index (χ2n) is 6.34. The number of hydrogen-bond donors (Lipinski definition) is 1. The Bertz CT molecular complexity index is 738. The summed E-state index contributed by atoms with van der Waals surface area (Å²) in [5.74, 6) is 1.40. The third kappa shape index (κ3) is 5.40. The van der Waals surface area contributed by atoms with Gasteiger partial charge in [0, 0.05) is 11.6 Å². The molecule has 0 aliphatic carbocycles. The van der Waals surface area contributed by atoms with Crippen LogP contribution in [0.3, 0.4) is 0 Å². The van der Waals surface area contributed by atoms with Gasteiger partial charge in [-0.1, -0.05) is 29.8 Å². The molecular weight excluding hydrogens is 350 g/mol.